The van der Waals surface area contributed by atoms with Crippen LogP contribution in [0.15, 0.2) is 12.4 Å². The topological polar surface area (TPSA) is 20.2 Å². The third kappa shape index (κ3) is 12.8. The third-order valence-corrected chi connectivity index (χ3v) is 0.274. The second-order valence-electron chi connectivity index (χ2n) is 0.333. The highest BCUT2D eigenvalue weighted by molar-refractivity contribution is 7.34. The molecule has 0 aromatic heterocycles. The van der Waals surface area contributed by atoms with Crippen LogP contribution in [0.25, 0.3) is 0 Å². The third-order valence-electron chi connectivity index (χ3n) is 0.0913. The molecule has 0 heterocycles. The molecular weight excluding hydrogens is 106 g/mol. The molecule has 0 spiro atoms. The molecule has 0 aromatic rings. The van der Waals surface area contributed by atoms with Crippen LogP contribution in [0.2, 0.25) is 0 Å². The zero-order valence-corrected chi connectivity index (χ0v) is 4.46. The van der Waals surface area contributed by atoms with Crippen molar-refractivity contribution in [3.63, 3.8) is 0 Å². The number of rotatable bonds is 1. The van der Waals surface area contributed by atoms with Crippen LogP contribution in [0.3, 0.4) is 0 Å². The average Bonchev–Trinajstić information content (AvgIpc) is 1.37. The predicted octanol–water partition coefficient (Wildman–Crippen LogP) is 1.14. The Morgan fingerprint density at radius 1 is 1.80 bits per heavy atom. The van der Waals surface area contributed by atoms with Crippen LogP contribution in [0, 0.1) is 0 Å². The monoisotopic (exact) mass is 112 g/mol. The van der Waals surface area contributed by atoms with Gasteiger partial charge >= 0.3 is 0 Å². The standard InChI is InChI=1S/C2H5OP.ClH/c1-2-4-3;/h2-4H,1H2;1H. The van der Waals surface area contributed by atoms with Gasteiger partial charge in [-0.25, -0.2) is 0 Å². The smallest absolute Gasteiger partial charge is 0.0339 e. The van der Waals surface area contributed by atoms with Crippen LogP contribution in [0.1, 0.15) is 0 Å². The fourth-order valence-electron chi connectivity index (χ4n) is 0. The average molecular weight is 112 g/mol. The van der Waals surface area contributed by atoms with Crippen molar-refractivity contribution in [2.24, 2.45) is 0 Å². The molecule has 0 saturated carbocycles. The van der Waals surface area contributed by atoms with Gasteiger partial charge in [-0.15, -0.1) is 12.4 Å². The van der Waals surface area contributed by atoms with E-state index < -0.39 is 0 Å². The fourth-order valence-corrected chi connectivity index (χ4v) is 0. The number of hydrogen-bond donors (Lipinski definition) is 1. The van der Waals surface area contributed by atoms with Crippen molar-refractivity contribution in [1.29, 1.82) is 0 Å². The molecule has 1 nitrogen and oxygen atoms in total. The van der Waals surface area contributed by atoms with E-state index in [2.05, 4.69) is 6.58 Å². The second-order valence-corrected chi connectivity index (χ2v) is 1.000. The van der Waals surface area contributed by atoms with E-state index in [4.69, 9.17) is 4.89 Å². The minimum atomic E-state index is -0.0957. The van der Waals surface area contributed by atoms with Crippen molar-refractivity contribution in [3.8, 4) is 0 Å². The Bertz CT molecular complexity index is 23.6. The van der Waals surface area contributed by atoms with Crippen molar-refractivity contribution in [3.05, 3.63) is 12.4 Å². The van der Waals surface area contributed by atoms with E-state index in [-0.39, 0.29) is 21.2 Å². The summed E-state index contributed by atoms with van der Waals surface area (Å²) in [6, 6.07) is 0. The Morgan fingerprint density at radius 2 is 2.00 bits per heavy atom. The molecule has 0 radical (unpaired) electrons. The summed E-state index contributed by atoms with van der Waals surface area (Å²) >= 11 is 0. The van der Waals surface area contributed by atoms with Gasteiger partial charge in [0.1, 0.15) is 0 Å². The first-order chi connectivity index (χ1) is 1.91. The quantitative estimate of drug-likeness (QED) is 0.505. The minimum absolute atomic E-state index is 0. The summed E-state index contributed by atoms with van der Waals surface area (Å²) in [7, 11) is -0.0957. The Labute approximate surface area is 39.4 Å². The fraction of sp³-hybridized carbons (Fsp3) is 0. The molecule has 1 N–H and O–H groups in total. The zero-order chi connectivity index (χ0) is 3.41. The van der Waals surface area contributed by atoms with Gasteiger partial charge in [0.05, 0.1) is 0 Å². The van der Waals surface area contributed by atoms with Gasteiger partial charge in [-0.3, -0.25) is 0 Å². The lowest BCUT2D eigenvalue weighted by Crippen LogP contribution is -1.21. The molecule has 0 fully saturated rings. The first-order valence-electron chi connectivity index (χ1n) is 0.921. The highest BCUT2D eigenvalue weighted by Crippen LogP contribution is 1.96. The maximum atomic E-state index is 7.78. The number of halogens is 1. The molecule has 3 heteroatoms. The molecule has 0 saturated heterocycles. The molecule has 0 aliphatic carbocycles. The summed E-state index contributed by atoms with van der Waals surface area (Å²) in [5.74, 6) is 1.46. The van der Waals surface area contributed by atoms with E-state index >= 15 is 0 Å². The maximum Gasteiger partial charge on any atom is 0.0339 e. The Morgan fingerprint density at radius 3 is 2.00 bits per heavy atom. The summed E-state index contributed by atoms with van der Waals surface area (Å²) < 4.78 is 0. The van der Waals surface area contributed by atoms with Crippen LogP contribution in [-0.2, 0) is 0 Å². The Kier molecular flexibility index (Phi) is 16.0. The van der Waals surface area contributed by atoms with Gasteiger partial charge in [0.15, 0.2) is 0 Å². The van der Waals surface area contributed by atoms with Crippen LogP contribution in [-0.4, -0.2) is 4.89 Å². The van der Waals surface area contributed by atoms with Crippen LogP contribution in [0.4, 0.5) is 0 Å². The lowest BCUT2D eigenvalue weighted by Gasteiger charge is -1.60. The van der Waals surface area contributed by atoms with E-state index in [1.807, 2.05) is 0 Å². The predicted molar refractivity (Wildman–Crippen MR) is 28.0 cm³/mol. The van der Waals surface area contributed by atoms with Crippen LogP contribution in [0.5, 0.6) is 0 Å². The summed E-state index contributed by atoms with van der Waals surface area (Å²) in [4.78, 5) is 7.78. The maximum absolute atomic E-state index is 7.78. The van der Waals surface area contributed by atoms with E-state index in [0.717, 1.165) is 0 Å². The van der Waals surface area contributed by atoms with Crippen molar-refractivity contribution in [2.45, 2.75) is 0 Å². The molecule has 1 atom stereocenters. The van der Waals surface area contributed by atoms with Crippen molar-refractivity contribution >= 4 is 21.2 Å². The SMILES string of the molecule is C=CPO.Cl. The first-order valence-corrected chi connectivity index (χ1v) is 1.95. The highest BCUT2D eigenvalue weighted by atomic mass is 35.5. The molecule has 0 rings (SSSR count). The van der Waals surface area contributed by atoms with Gasteiger partial charge in [0.2, 0.25) is 0 Å². The van der Waals surface area contributed by atoms with E-state index in [0.29, 0.717) is 0 Å². The van der Waals surface area contributed by atoms with Gasteiger partial charge in [0, 0.05) is 8.81 Å². The van der Waals surface area contributed by atoms with Gasteiger partial charge in [-0.05, 0) is 5.82 Å². The van der Waals surface area contributed by atoms with E-state index in [9.17, 15) is 0 Å². The number of hydrogen-bond acceptors (Lipinski definition) is 1. The molecule has 1 unspecified atom stereocenters. The second kappa shape index (κ2) is 8.83. The van der Waals surface area contributed by atoms with Gasteiger partial charge < -0.3 is 4.89 Å². The zero-order valence-electron chi connectivity index (χ0n) is 2.64. The van der Waals surface area contributed by atoms with Gasteiger partial charge in [-0.1, -0.05) is 6.58 Å². The Balaban J connectivity index is 0. The summed E-state index contributed by atoms with van der Waals surface area (Å²) in [5, 5.41) is 0. The lowest BCUT2D eigenvalue weighted by atomic mass is 11.3. The van der Waals surface area contributed by atoms with Gasteiger partial charge in [0.25, 0.3) is 0 Å². The van der Waals surface area contributed by atoms with E-state index in [1.54, 1.807) is 0 Å². The van der Waals surface area contributed by atoms with E-state index in [1.165, 1.54) is 5.82 Å². The van der Waals surface area contributed by atoms with Crippen LogP contribution < -0.4 is 0 Å². The van der Waals surface area contributed by atoms with Crippen molar-refractivity contribution in [1.82, 2.24) is 0 Å². The van der Waals surface area contributed by atoms with Crippen molar-refractivity contribution in [2.75, 3.05) is 0 Å². The minimum Gasteiger partial charge on any atom is -0.373 e. The molecule has 0 aliphatic heterocycles. The molecule has 0 aliphatic rings. The molecule has 0 aromatic carbocycles. The molecule has 0 amide bonds. The summed E-state index contributed by atoms with van der Waals surface area (Å²) in [6.45, 7) is 3.24. The first kappa shape index (κ1) is 9.05. The summed E-state index contributed by atoms with van der Waals surface area (Å²) in [5.41, 5.74) is 0. The lowest BCUT2D eigenvalue weighted by molar-refractivity contribution is 0.654. The van der Waals surface area contributed by atoms with Crippen molar-refractivity contribution < 1.29 is 4.89 Å². The summed E-state index contributed by atoms with van der Waals surface area (Å²) in [6.07, 6.45) is 0. The molecular formula is C2H6ClOP. The molecule has 0 bridgehead atoms. The normalized spacial score (nSPS) is 7.40. The molecule has 5 heavy (non-hydrogen) atoms. The highest BCUT2D eigenvalue weighted by Gasteiger charge is 1.44. The largest absolute Gasteiger partial charge is 0.373 e. The Hall–Kier alpha value is 0.420. The van der Waals surface area contributed by atoms with Gasteiger partial charge in [-0.2, -0.15) is 0 Å². The molecule has 32 valence electrons. The van der Waals surface area contributed by atoms with Crippen LogP contribution >= 0.6 is 21.2 Å².